The summed E-state index contributed by atoms with van der Waals surface area (Å²) in [6.45, 7) is 19.9. The van der Waals surface area contributed by atoms with Crippen LogP contribution in [0.5, 0.6) is 23.0 Å². The number of nitrogens with one attached hydrogen (secondary N) is 1. The fourth-order valence-electron chi connectivity index (χ4n) is 10.2. The molecule has 6 heterocycles. The molecule has 2 fully saturated rings. The predicted molar refractivity (Wildman–Crippen MR) is 278 cm³/mol. The number of aryl methyl sites for hydroxylation is 2. The van der Waals surface area contributed by atoms with E-state index >= 15 is 0 Å². The number of ether oxygens (including phenoxy) is 5. The molecular formula is C57H70N6O8. The number of likely N-dealkylation sites (tertiary alicyclic amines) is 2. The fourth-order valence-corrected chi connectivity index (χ4v) is 10.2. The number of hydrogen-bond donors (Lipinski definition) is 1. The van der Waals surface area contributed by atoms with Gasteiger partial charge in [-0.1, -0.05) is 48.5 Å². The molecule has 2 aromatic heterocycles. The van der Waals surface area contributed by atoms with E-state index in [9.17, 15) is 14.4 Å². The first kappa shape index (κ1) is 49.6. The van der Waals surface area contributed by atoms with E-state index in [0.29, 0.717) is 45.6 Å². The Kier molecular flexibility index (Phi) is 15.6. The number of para-hydroxylation sites is 2. The summed E-state index contributed by atoms with van der Waals surface area (Å²) >= 11 is 0. The minimum absolute atomic E-state index is 0.0619. The molecule has 4 aliphatic heterocycles. The van der Waals surface area contributed by atoms with E-state index in [2.05, 4.69) is 39.4 Å². The third-order valence-electron chi connectivity index (χ3n) is 14.0. The lowest BCUT2D eigenvalue weighted by Gasteiger charge is -2.39. The molecular weight excluding hydrogens is 897 g/mol. The van der Waals surface area contributed by atoms with Gasteiger partial charge in [-0.15, -0.1) is 0 Å². The topological polar surface area (TPSA) is 129 Å². The van der Waals surface area contributed by atoms with Crippen LogP contribution in [-0.4, -0.2) is 113 Å². The number of hydrogen-bond acceptors (Lipinski definition) is 11. The molecule has 0 radical (unpaired) electrons. The van der Waals surface area contributed by atoms with Crippen LogP contribution in [0.3, 0.4) is 0 Å². The molecule has 14 nitrogen and oxygen atoms in total. The fraction of sp³-hybridized carbons (Fsp3) is 0.456. The molecule has 0 saturated carbocycles. The zero-order valence-electron chi connectivity index (χ0n) is 42.1. The molecule has 2 saturated heterocycles. The summed E-state index contributed by atoms with van der Waals surface area (Å²) in [7, 11) is 0. The number of rotatable bonds is 12. The Bertz CT molecular complexity index is 2930. The molecule has 0 spiro atoms. The van der Waals surface area contributed by atoms with Gasteiger partial charge in [-0.05, 0) is 144 Å². The van der Waals surface area contributed by atoms with Gasteiger partial charge in [-0.3, -0.25) is 9.59 Å². The molecule has 0 atom stereocenters. The highest BCUT2D eigenvalue weighted by Crippen LogP contribution is 2.33. The number of pyridine rings is 2. The van der Waals surface area contributed by atoms with Gasteiger partial charge in [0.05, 0.1) is 11.0 Å². The molecule has 10 rings (SSSR count). The second kappa shape index (κ2) is 22.4. The number of carbonyl (C=O) groups excluding carboxylic acids is 1. The van der Waals surface area contributed by atoms with Crippen LogP contribution in [0.2, 0.25) is 0 Å². The van der Waals surface area contributed by atoms with Crippen molar-refractivity contribution in [3.8, 4) is 23.0 Å². The van der Waals surface area contributed by atoms with Crippen LogP contribution in [0.15, 0.2) is 107 Å². The van der Waals surface area contributed by atoms with E-state index in [1.807, 2.05) is 121 Å². The van der Waals surface area contributed by atoms with Crippen molar-refractivity contribution in [2.45, 2.75) is 104 Å². The Balaban J connectivity index is 0.000000179. The molecule has 0 unspecified atom stereocenters. The van der Waals surface area contributed by atoms with Crippen LogP contribution in [-0.2, 0) is 30.9 Å². The third-order valence-corrected chi connectivity index (χ3v) is 14.0. The number of benzene rings is 4. The van der Waals surface area contributed by atoms with Crippen LogP contribution in [0.25, 0.3) is 21.8 Å². The van der Waals surface area contributed by atoms with Crippen molar-refractivity contribution in [2.75, 3.05) is 65.7 Å². The Hall–Kier alpha value is -6.35. The number of amides is 1. The summed E-state index contributed by atoms with van der Waals surface area (Å²) in [5.41, 5.74) is 5.40. The smallest absolute Gasteiger partial charge is 0.410 e. The number of nitrogens with zero attached hydrogens (tertiary/aromatic N) is 5. The van der Waals surface area contributed by atoms with Gasteiger partial charge in [-0.25, -0.2) is 4.79 Å². The number of piperidine rings is 2. The highest BCUT2D eigenvalue weighted by Gasteiger charge is 2.32. The maximum absolute atomic E-state index is 13.3. The van der Waals surface area contributed by atoms with Gasteiger partial charge in [0.25, 0.3) is 11.1 Å². The van der Waals surface area contributed by atoms with Gasteiger partial charge in [0, 0.05) is 75.6 Å². The van der Waals surface area contributed by atoms with Crippen molar-refractivity contribution in [3.05, 3.63) is 140 Å². The minimum atomic E-state index is -0.577. The normalized spacial score (nSPS) is 16.6. The van der Waals surface area contributed by atoms with E-state index in [4.69, 9.17) is 23.7 Å². The molecule has 4 aromatic carbocycles. The SMILES string of the molecule is Cc1cc2ccccc2n(CCN2CCC(N(Cc3ccc4c(c3)OCCO4)C(=O)OC(C)(C)C)CC2)c1=O.Cc1cc2ccccc2n(CCN2CCC(NCc3ccc4c(c3)OCCO4)CC2)c1=O. The number of carbonyl (C=O) groups is 1. The van der Waals surface area contributed by atoms with Crippen LogP contribution in [0.1, 0.15) is 68.7 Å². The lowest BCUT2D eigenvalue weighted by molar-refractivity contribution is 0.00562. The van der Waals surface area contributed by atoms with Crippen molar-refractivity contribution < 1.29 is 28.5 Å². The summed E-state index contributed by atoms with van der Waals surface area (Å²) in [5, 5.41) is 5.92. The van der Waals surface area contributed by atoms with Crippen molar-refractivity contribution >= 4 is 27.9 Å². The summed E-state index contributed by atoms with van der Waals surface area (Å²) in [5.74, 6) is 3.15. The quantitative estimate of drug-likeness (QED) is 0.127. The molecule has 6 aromatic rings. The first-order valence-corrected chi connectivity index (χ1v) is 25.5. The Morgan fingerprint density at radius 2 is 1.07 bits per heavy atom. The molecule has 14 heteroatoms. The lowest BCUT2D eigenvalue weighted by Crippen LogP contribution is -2.49. The summed E-state index contributed by atoms with van der Waals surface area (Å²) in [4.78, 5) is 45.7. The Labute approximate surface area is 417 Å². The second-order valence-corrected chi connectivity index (χ2v) is 20.3. The first-order chi connectivity index (χ1) is 34.3. The summed E-state index contributed by atoms with van der Waals surface area (Å²) < 4.78 is 32.4. The van der Waals surface area contributed by atoms with Gasteiger partial charge >= 0.3 is 6.09 Å². The predicted octanol–water partition coefficient (Wildman–Crippen LogP) is 8.32. The van der Waals surface area contributed by atoms with Gasteiger partial charge in [0.15, 0.2) is 23.0 Å². The Morgan fingerprint density at radius 1 is 0.606 bits per heavy atom. The zero-order valence-corrected chi connectivity index (χ0v) is 42.1. The largest absolute Gasteiger partial charge is 0.486 e. The van der Waals surface area contributed by atoms with E-state index in [1.165, 1.54) is 5.56 Å². The molecule has 1 amide bonds. The average molecular weight is 967 g/mol. The summed E-state index contributed by atoms with van der Waals surface area (Å²) in [6.07, 6.45) is 3.62. The minimum Gasteiger partial charge on any atom is -0.486 e. The van der Waals surface area contributed by atoms with Gasteiger partial charge < -0.3 is 52.8 Å². The highest BCUT2D eigenvalue weighted by atomic mass is 16.6. The van der Waals surface area contributed by atoms with Crippen molar-refractivity contribution in [2.24, 2.45) is 0 Å². The standard InChI is InChI=1S/C31H39N3O5.C26H31N3O3/c1-22-19-24-7-5-6-8-26(24)33(29(22)35)16-15-32-13-11-25(12-14-32)34(30(36)39-31(2,3)4)21-23-9-10-27-28(20-23)38-18-17-37-27;1-19-16-21-4-2-3-5-23(21)29(26(19)30)13-12-28-10-8-22(9-11-28)27-18-20-6-7-24-25(17-20)32-15-14-31-24/h5-10,19-20,25H,11-18,21H2,1-4H3;2-7,16-17,22,27H,8-15,18H2,1H3. The average Bonchev–Trinajstić information content (AvgIpc) is 3.37. The van der Waals surface area contributed by atoms with E-state index in [-0.39, 0.29) is 23.3 Å². The van der Waals surface area contributed by atoms with Crippen LogP contribution in [0.4, 0.5) is 4.79 Å². The van der Waals surface area contributed by atoms with Crippen molar-refractivity contribution in [1.29, 1.82) is 0 Å². The van der Waals surface area contributed by atoms with Gasteiger partial charge in [-0.2, -0.15) is 0 Å². The highest BCUT2D eigenvalue weighted by molar-refractivity contribution is 5.80. The molecule has 0 bridgehead atoms. The maximum Gasteiger partial charge on any atom is 0.410 e. The van der Waals surface area contributed by atoms with E-state index < -0.39 is 5.60 Å². The van der Waals surface area contributed by atoms with E-state index in [0.717, 1.165) is 140 Å². The number of aromatic nitrogens is 2. The maximum atomic E-state index is 13.3. The van der Waals surface area contributed by atoms with Crippen molar-refractivity contribution in [3.63, 3.8) is 0 Å². The lowest BCUT2D eigenvalue weighted by atomic mass is 10.0. The molecule has 0 aliphatic carbocycles. The van der Waals surface area contributed by atoms with Crippen molar-refractivity contribution in [1.82, 2.24) is 29.2 Å². The summed E-state index contributed by atoms with van der Waals surface area (Å²) in [6, 6.07) is 32.8. The molecule has 1 N–H and O–H groups in total. The monoisotopic (exact) mass is 967 g/mol. The van der Waals surface area contributed by atoms with Crippen LogP contribution in [0, 0.1) is 13.8 Å². The Morgan fingerprint density at radius 3 is 1.59 bits per heavy atom. The van der Waals surface area contributed by atoms with Crippen LogP contribution < -0.4 is 35.4 Å². The first-order valence-electron chi connectivity index (χ1n) is 25.5. The van der Waals surface area contributed by atoms with E-state index in [1.54, 1.807) is 0 Å². The third kappa shape index (κ3) is 12.4. The second-order valence-electron chi connectivity index (χ2n) is 20.3. The van der Waals surface area contributed by atoms with Gasteiger partial charge in [0.2, 0.25) is 0 Å². The molecule has 376 valence electrons. The zero-order chi connectivity index (χ0) is 49.5. The van der Waals surface area contributed by atoms with Crippen LogP contribution >= 0.6 is 0 Å². The molecule has 71 heavy (non-hydrogen) atoms. The number of fused-ring (bicyclic) bond motifs is 4. The van der Waals surface area contributed by atoms with Gasteiger partial charge in [0.1, 0.15) is 32.0 Å². The molecule has 4 aliphatic rings.